The van der Waals surface area contributed by atoms with Gasteiger partial charge in [-0.05, 0) is 62.5 Å². The second-order valence-corrected chi connectivity index (χ2v) is 7.18. The molecule has 0 aromatic heterocycles. The lowest BCUT2D eigenvalue weighted by molar-refractivity contribution is 0.174. The van der Waals surface area contributed by atoms with E-state index >= 15 is 0 Å². The largest absolute Gasteiger partial charge is 0.454 e. The van der Waals surface area contributed by atoms with Crippen molar-refractivity contribution in [2.75, 3.05) is 47.1 Å². The summed E-state index contributed by atoms with van der Waals surface area (Å²) in [7, 11) is 3.91. The zero-order valence-corrected chi connectivity index (χ0v) is 16.3. The minimum atomic E-state index is 0.315. The van der Waals surface area contributed by atoms with Gasteiger partial charge in [0, 0.05) is 27.2 Å². The molecular formula is C20H32N4O2. The van der Waals surface area contributed by atoms with Crippen LogP contribution < -0.4 is 14.8 Å². The van der Waals surface area contributed by atoms with E-state index in [0.29, 0.717) is 6.79 Å². The average molecular weight is 361 g/mol. The standard InChI is InChI=1S/C20H32N4O2/c1-4-24-11-8-16(9-12-24)7-10-22-20(21-2)23(3)14-17-5-6-18-19(13-17)26-15-25-18/h5-6,13,16H,4,7-12,14-15H2,1-3H3,(H,21,22). The normalized spacial score (nSPS) is 18.2. The molecule has 0 bridgehead atoms. The molecule has 1 aromatic carbocycles. The van der Waals surface area contributed by atoms with Crippen LogP contribution in [0.1, 0.15) is 31.7 Å². The van der Waals surface area contributed by atoms with Gasteiger partial charge in [0.1, 0.15) is 0 Å². The molecule has 0 atom stereocenters. The first-order chi connectivity index (χ1) is 12.7. The number of guanidine groups is 1. The second-order valence-electron chi connectivity index (χ2n) is 7.18. The van der Waals surface area contributed by atoms with Crippen LogP contribution in [0, 0.1) is 5.92 Å². The third kappa shape index (κ3) is 4.81. The molecule has 6 heteroatoms. The number of ether oxygens (including phenoxy) is 2. The topological polar surface area (TPSA) is 49.3 Å². The van der Waals surface area contributed by atoms with Crippen LogP contribution in [-0.2, 0) is 6.54 Å². The van der Waals surface area contributed by atoms with E-state index in [1.54, 1.807) is 0 Å². The van der Waals surface area contributed by atoms with Crippen molar-refractivity contribution in [3.63, 3.8) is 0 Å². The quantitative estimate of drug-likeness (QED) is 0.624. The summed E-state index contributed by atoms with van der Waals surface area (Å²) < 4.78 is 10.8. The highest BCUT2D eigenvalue weighted by Crippen LogP contribution is 2.32. The van der Waals surface area contributed by atoms with Crippen LogP contribution in [0.2, 0.25) is 0 Å². The van der Waals surface area contributed by atoms with Crippen molar-refractivity contribution in [3.05, 3.63) is 23.8 Å². The summed E-state index contributed by atoms with van der Waals surface area (Å²) in [6.45, 7) is 8.01. The summed E-state index contributed by atoms with van der Waals surface area (Å²) in [5.74, 6) is 3.43. The molecule has 2 aliphatic rings. The molecule has 1 saturated heterocycles. The van der Waals surface area contributed by atoms with Crippen molar-refractivity contribution in [2.45, 2.75) is 32.7 Å². The molecule has 0 spiro atoms. The molecule has 0 radical (unpaired) electrons. The van der Waals surface area contributed by atoms with Crippen LogP contribution in [0.15, 0.2) is 23.2 Å². The van der Waals surface area contributed by atoms with Gasteiger partial charge in [-0.1, -0.05) is 13.0 Å². The van der Waals surface area contributed by atoms with Gasteiger partial charge in [-0.25, -0.2) is 0 Å². The molecular weight excluding hydrogens is 328 g/mol. The summed E-state index contributed by atoms with van der Waals surface area (Å²) >= 11 is 0. The molecule has 1 fully saturated rings. The van der Waals surface area contributed by atoms with Gasteiger partial charge in [0.25, 0.3) is 0 Å². The fraction of sp³-hybridized carbons (Fsp3) is 0.650. The minimum absolute atomic E-state index is 0.315. The number of nitrogens with one attached hydrogen (secondary N) is 1. The van der Waals surface area contributed by atoms with Crippen LogP contribution in [0.25, 0.3) is 0 Å². The predicted molar refractivity (Wildman–Crippen MR) is 105 cm³/mol. The third-order valence-electron chi connectivity index (χ3n) is 5.42. The van der Waals surface area contributed by atoms with Crippen LogP contribution >= 0.6 is 0 Å². The highest BCUT2D eigenvalue weighted by atomic mass is 16.7. The number of hydrogen-bond donors (Lipinski definition) is 1. The fourth-order valence-electron chi connectivity index (χ4n) is 3.75. The van der Waals surface area contributed by atoms with E-state index in [-0.39, 0.29) is 0 Å². The third-order valence-corrected chi connectivity index (χ3v) is 5.42. The monoisotopic (exact) mass is 360 g/mol. The fourth-order valence-corrected chi connectivity index (χ4v) is 3.75. The number of aliphatic imine (C=N–C) groups is 1. The summed E-state index contributed by atoms with van der Waals surface area (Å²) in [6, 6.07) is 6.11. The molecule has 0 unspecified atom stereocenters. The number of likely N-dealkylation sites (tertiary alicyclic amines) is 1. The number of rotatable bonds is 6. The highest BCUT2D eigenvalue weighted by Gasteiger charge is 2.18. The zero-order chi connectivity index (χ0) is 18.4. The summed E-state index contributed by atoms with van der Waals surface area (Å²) in [4.78, 5) is 9.13. The van der Waals surface area contributed by atoms with Crippen molar-refractivity contribution in [2.24, 2.45) is 10.9 Å². The lowest BCUT2D eigenvalue weighted by Crippen LogP contribution is -2.40. The van der Waals surface area contributed by atoms with Gasteiger partial charge in [-0.2, -0.15) is 0 Å². The van der Waals surface area contributed by atoms with Gasteiger partial charge >= 0.3 is 0 Å². The lowest BCUT2D eigenvalue weighted by atomic mass is 9.93. The molecule has 1 N–H and O–H groups in total. The zero-order valence-electron chi connectivity index (χ0n) is 16.3. The van der Waals surface area contributed by atoms with Gasteiger partial charge in [-0.15, -0.1) is 0 Å². The molecule has 0 aliphatic carbocycles. The Morgan fingerprint density at radius 1 is 1.27 bits per heavy atom. The minimum Gasteiger partial charge on any atom is -0.454 e. The van der Waals surface area contributed by atoms with Gasteiger partial charge in [0.05, 0.1) is 0 Å². The summed E-state index contributed by atoms with van der Waals surface area (Å²) in [5, 5.41) is 3.52. The highest BCUT2D eigenvalue weighted by molar-refractivity contribution is 5.79. The van der Waals surface area contributed by atoms with Crippen LogP contribution in [0.5, 0.6) is 11.5 Å². The Morgan fingerprint density at radius 3 is 2.77 bits per heavy atom. The Kier molecular flexibility index (Phi) is 6.61. The maximum absolute atomic E-state index is 5.47. The average Bonchev–Trinajstić information content (AvgIpc) is 3.13. The molecule has 144 valence electrons. The lowest BCUT2D eigenvalue weighted by Gasteiger charge is -2.31. The van der Waals surface area contributed by atoms with E-state index in [9.17, 15) is 0 Å². The first-order valence-electron chi connectivity index (χ1n) is 9.72. The molecule has 2 heterocycles. The van der Waals surface area contributed by atoms with E-state index in [1.807, 2.05) is 19.2 Å². The van der Waals surface area contributed by atoms with Crippen molar-refractivity contribution >= 4 is 5.96 Å². The Labute approximate surface area is 157 Å². The second kappa shape index (κ2) is 9.12. The van der Waals surface area contributed by atoms with Crippen LogP contribution in [0.3, 0.4) is 0 Å². The number of hydrogen-bond acceptors (Lipinski definition) is 4. The smallest absolute Gasteiger partial charge is 0.231 e. The summed E-state index contributed by atoms with van der Waals surface area (Å²) in [6.07, 6.45) is 3.86. The Bertz CT molecular complexity index is 612. The maximum atomic E-state index is 5.47. The van der Waals surface area contributed by atoms with E-state index < -0.39 is 0 Å². The first kappa shape index (κ1) is 18.8. The number of fused-ring (bicyclic) bond motifs is 1. The van der Waals surface area contributed by atoms with Gasteiger partial charge < -0.3 is 24.6 Å². The molecule has 6 nitrogen and oxygen atoms in total. The molecule has 1 aromatic rings. The van der Waals surface area contributed by atoms with Gasteiger partial charge in [0.2, 0.25) is 6.79 Å². The molecule has 0 saturated carbocycles. The number of piperidine rings is 1. The number of benzene rings is 1. The van der Waals surface area contributed by atoms with E-state index in [0.717, 1.165) is 36.5 Å². The van der Waals surface area contributed by atoms with E-state index in [2.05, 4.69) is 40.1 Å². The Morgan fingerprint density at radius 2 is 2.04 bits per heavy atom. The van der Waals surface area contributed by atoms with Crippen molar-refractivity contribution in [1.29, 1.82) is 0 Å². The van der Waals surface area contributed by atoms with Gasteiger partial charge in [0.15, 0.2) is 17.5 Å². The first-order valence-corrected chi connectivity index (χ1v) is 9.72. The van der Waals surface area contributed by atoms with Crippen molar-refractivity contribution in [1.82, 2.24) is 15.1 Å². The molecule has 2 aliphatic heterocycles. The SMILES string of the molecule is CCN1CCC(CCNC(=NC)N(C)Cc2ccc3c(c2)OCO3)CC1. The van der Waals surface area contributed by atoms with Crippen molar-refractivity contribution in [3.8, 4) is 11.5 Å². The molecule has 0 amide bonds. The van der Waals surface area contributed by atoms with E-state index in [1.165, 1.54) is 44.5 Å². The van der Waals surface area contributed by atoms with Crippen molar-refractivity contribution < 1.29 is 9.47 Å². The van der Waals surface area contributed by atoms with Crippen LogP contribution in [-0.4, -0.2) is 62.8 Å². The number of nitrogens with zero attached hydrogens (tertiary/aromatic N) is 3. The molecule has 3 rings (SSSR count). The Balaban J connectivity index is 1.43. The van der Waals surface area contributed by atoms with Gasteiger partial charge in [-0.3, -0.25) is 4.99 Å². The van der Waals surface area contributed by atoms with E-state index in [4.69, 9.17) is 9.47 Å². The predicted octanol–water partition coefficient (Wildman–Crippen LogP) is 2.54. The maximum Gasteiger partial charge on any atom is 0.231 e. The Hall–Kier alpha value is -1.95. The molecule has 26 heavy (non-hydrogen) atoms. The summed E-state index contributed by atoms with van der Waals surface area (Å²) in [5.41, 5.74) is 1.19. The van der Waals surface area contributed by atoms with Crippen LogP contribution in [0.4, 0.5) is 0 Å².